The molecule has 2 saturated heterocycles. The standard InChI is InChI=1S/C15H17Cl2N3O4S/c16-10-1-2-11(17)13(9-10)25(23,24)20-7-5-19(6-8-20)15(22)12-3-4-14(21)18-12/h1-2,9,12H,3-8H2,(H,18,21)/t12-/m1/s1. The SMILES string of the molecule is O=C1CC[C@H](C(=O)N2CCN(S(=O)(=O)c3cc(Cl)ccc3Cl)CC2)N1. The summed E-state index contributed by atoms with van der Waals surface area (Å²) < 4.78 is 26.8. The smallest absolute Gasteiger partial charge is 0.245 e. The quantitative estimate of drug-likeness (QED) is 0.815. The van der Waals surface area contributed by atoms with E-state index in [9.17, 15) is 18.0 Å². The Labute approximate surface area is 155 Å². The van der Waals surface area contributed by atoms with E-state index in [1.807, 2.05) is 0 Å². The highest BCUT2D eigenvalue weighted by molar-refractivity contribution is 7.89. The Bertz CT molecular complexity index is 807. The highest BCUT2D eigenvalue weighted by Crippen LogP contribution is 2.28. The zero-order valence-corrected chi connectivity index (χ0v) is 15.6. The van der Waals surface area contributed by atoms with Gasteiger partial charge < -0.3 is 10.2 Å². The number of carbonyl (C=O) groups is 2. The molecule has 7 nitrogen and oxygen atoms in total. The van der Waals surface area contributed by atoms with Crippen molar-refractivity contribution in [2.45, 2.75) is 23.8 Å². The lowest BCUT2D eigenvalue weighted by Gasteiger charge is -2.35. The number of amides is 2. The third kappa shape index (κ3) is 3.76. The van der Waals surface area contributed by atoms with Gasteiger partial charge in [-0.1, -0.05) is 23.2 Å². The lowest BCUT2D eigenvalue weighted by atomic mass is 10.2. The molecule has 25 heavy (non-hydrogen) atoms. The van der Waals surface area contributed by atoms with Crippen molar-refractivity contribution in [3.8, 4) is 0 Å². The maximum atomic E-state index is 12.8. The summed E-state index contributed by atoms with van der Waals surface area (Å²) in [5, 5.41) is 3.03. The highest BCUT2D eigenvalue weighted by atomic mass is 35.5. The third-order valence-electron chi connectivity index (χ3n) is 4.35. The average Bonchev–Trinajstić information content (AvgIpc) is 3.03. The Morgan fingerprint density at radius 2 is 1.84 bits per heavy atom. The fourth-order valence-electron chi connectivity index (χ4n) is 2.98. The lowest BCUT2D eigenvalue weighted by molar-refractivity contribution is -0.135. The van der Waals surface area contributed by atoms with E-state index in [0.717, 1.165) is 0 Å². The van der Waals surface area contributed by atoms with E-state index in [4.69, 9.17) is 23.2 Å². The van der Waals surface area contributed by atoms with Crippen LogP contribution in [-0.2, 0) is 19.6 Å². The number of nitrogens with zero attached hydrogens (tertiary/aromatic N) is 2. The second-order valence-corrected chi connectivity index (χ2v) is 8.71. The van der Waals surface area contributed by atoms with Gasteiger partial charge in [-0.15, -0.1) is 0 Å². The molecule has 1 aromatic carbocycles. The van der Waals surface area contributed by atoms with Gasteiger partial charge in [0.15, 0.2) is 0 Å². The van der Waals surface area contributed by atoms with Gasteiger partial charge in [-0.05, 0) is 24.6 Å². The number of rotatable bonds is 3. The first-order chi connectivity index (χ1) is 11.8. The Balaban J connectivity index is 1.68. The van der Waals surface area contributed by atoms with Crippen LogP contribution in [0.2, 0.25) is 10.0 Å². The van der Waals surface area contributed by atoms with Crippen LogP contribution in [0.4, 0.5) is 0 Å². The Hall–Kier alpha value is -1.35. The number of hydrogen-bond acceptors (Lipinski definition) is 4. The molecule has 0 radical (unpaired) electrons. The van der Waals surface area contributed by atoms with Gasteiger partial charge in [-0.2, -0.15) is 4.31 Å². The normalized spacial score (nSPS) is 22.1. The van der Waals surface area contributed by atoms with E-state index in [1.54, 1.807) is 4.90 Å². The van der Waals surface area contributed by atoms with Gasteiger partial charge in [-0.25, -0.2) is 8.42 Å². The number of piperazine rings is 1. The summed E-state index contributed by atoms with van der Waals surface area (Å²) in [6, 6.07) is 3.79. The minimum atomic E-state index is -3.78. The number of benzene rings is 1. The molecule has 2 heterocycles. The fraction of sp³-hybridized carbons (Fsp3) is 0.467. The molecule has 0 aliphatic carbocycles. The van der Waals surface area contributed by atoms with Crippen molar-refractivity contribution < 1.29 is 18.0 Å². The van der Waals surface area contributed by atoms with Crippen molar-refractivity contribution in [1.82, 2.24) is 14.5 Å². The summed E-state index contributed by atoms with van der Waals surface area (Å²) in [6.07, 6.45) is 0.826. The summed E-state index contributed by atoms with van der Waals surface area (Å²) in [6.45, 7) is 0.862. The molecule has 0 bridgehead atoms. The van der Waals surface area contributed by atoms with Gasteiger partial charge in [0, 0.05) is 37.6 Å². The molecular formula is C15H17Cl2N3O4S. The Kier molecular flexibility index (Phi) is 5.24. The molecule has 0 saturated carbocycles. The van der Waals surface area contributed by atoms with Crippen LogP contribution in [-0.4, -0.2) is 61.7 Å². The van der Waals surface area contributed by atoms with E-state index in [2.05, 4.69) is 5.32 Å². The molecule has 1 N–H and O–H groups in total. The van der Waals surface area contributed by atoms with Crippen LogP contribution >= 0.6 is 23.2 Å². The van der Waals surface area contributed by atoms with Crippen molar-refractivity contribution in [2.75, 3.05) is 26.2 Å². The van der Waals surface area contributed by atoms with E-state index in [0.29, 0.717) is 12.8 Å². The predicted octanol–water partition coefficient (Wildman–Crippen LogP) is 1.10. The molecule has 2 aliphatic rings. The topological polar surface area (TPSA) is 86.8 Å². The molecule has 2 amide bonds. The minimum absolute atomic E-state index is 0.0375. The average molecular weight is 406 g/mol. The van der Waals surface area contributed by atoms with Crippen LogP contribution in [0.25, 0.3) is 0 Å². The van der Waals surface area contributed by atoms with Crippen LogP contribution in [0.1, 0.15) is 12.8 Å². The van der Waals surface area contributed by atoms with Crippen molar-refractivity contribution in [3.63, 3.8) is 0 Å². The Morgan fingerprint density at radius 3 is 2.44 bits per heavy atom. The summed E-state index contributed by atoms with van der Waals surface area (Å²) in [7, 11) is -3.78. The molecule has 0 aromatic heterocycles. The zero-order valence-electron chi connectivity index (χ0n) is 13.2. The van der Waals surface area contributed by atoms with Crippen LogP contribution in [0, 0.1) is 0 Å². The van der Waals surface area contributed by atoms with Crippen molar-refractivity contribution in [1.29, 1.82) is 0 Å². The summed E-state index contributed by atoms with van der Waals surface area (Å²) in [5.41, 5.74) is 0. The van der Waals surface area contributed by atoms with Gasteiger partial charge in [0.1, 0.15) is 10.9 Å². The summed E-state index contributed by atoms with van der Waals surface area (Å²) in [4.78, 5) is 25.2. The molecule has 1 atom stereocenters. The van der Waals surface area contributed by atoms with Gasteiger partial charge in [0.2, 0.25) is 21.8 Å². The van der Waals surface area contributed by atoms with E-state index in [1.165, 1.54) is 22.5 Å². The van der Waals surface area contributed by atoms with Crippen molar-refractivity contribution >= 4 is 45.0 Å². The minimum Gasteiger partial charge on any atom is -0.344 e. The number of sulfonamides is 1. The first-order valence-electron chi connectivity index (χ1n) is 7.82. The van der Waals surface area contributed by atoms with Crippen molar-refractivity contribution in [3.05, 3.63) is 28.2 Å². The number of nitrogens with one attached hydrogen (secondary N) is 1. The van der Waals surface area contributed by atoms with Crippen LogP contribution in [0.15, 0.2) is 23.1 Å². The molecule has 1 aromatic rings. The first kappa shape index (κ1) is 18.4. The molecular weight excluding hydrogens is 389 g/mol. The van der Waals surface area contributed by atoms with Gasteiger partial charge in [0.25, 0.3) is 0 Å². The van der Waals surface area contributed by atoms with Gasteiger partial charge in [-0.3, -0.25) is 9.59 Å². The second-order valence-electron chi connectivity index (χ2n) is 5.96. The summed E-state index contributed by atoms with van der Waals surface area (Å²) >= 11 is 11.9. The largest absolute Gasteiger partial charge is 0.344 e. The molecule has 2 aliphatic heterocycles. The van der Waals surface area contributed by atoms with Crippen LogP contribution < -0.4 is 5.32 Å². The summed E-state index contributed by atoms with van der Waals surface area (Å²) in [5.74, 6) is -0.293. The maximum Gasteiger partial charge on any atom is 0.245 e. The number of halogens is 2. The maximum absolute atomic E-state index is 12.8. The number of carbonyl (C=O) groups excluding carboxylic acids is 2. The van der Waals surface area contributed by atoms with Gasteiger partial charge in [0.05, 0.1) is 5.02 Å². The predicted molar refractivity (Wildman–Crippen MR) is 93.0 cm³/mol. The van der Waals surface area contributed by atoms with Gasteiger partial charge >= 0.3 is 0 Å². The third-order valence-corrected chi connectivity index (χ3v) is 6.97. The molecule has 3 rings (SSSR count). The van der Waals surface area contributed by atoms with Crippen molar-refractivity contribution in [2.24, 2.45) is 0 Å². The number of hydrogen-bond donors (Lipinski definition) is 1. The van der Waals surface area contributed by atoms with Crippen LogP contribution in [0.5, 0.6) is 0 Å². The van der Waals surface area contributed by atoms with E-state index < -0.39 is 16.1 Å². The molecule has 2 fully saturated rings. The van der Waals surface area contributed by atoms with Crippen LogP contribution in [0.3, 0.4) is 0 Å². The monoisotopic (exact) mass is 405 g/mol. The molecule has 0 unspecified atom stereocenters. The second kappa shape index (κ2) is 7.11. The molecule has 0 spiro atoms. The van der Waals surface area contributed by atoms with E-state index in [-0.39, 0.29) is 52.9 Å². The van der Waals surface area contributed by atoms with E-state index >= 15 is 0 Å². The first-order valence-corrected chi connectivity index (χ1v) is 10.0. The zero-order chi connectivity index (χ0) is 18.2. The fourth-order valence-corrected chi connectivity index (χ4v) is 5.14. The Morgan fingerprint density at radius 1 is 1.16 bits per heavy atom. The molecule has 10 heteroatoms. The molecule has 136 valence electrons. The lowest BCUT2D eigenvalue weighted by Crippen LogP contribution is -2.54. The highest BCUT2D eigenvalue weighted by Gasteiger charge is 2.35.